The molecule has 1 aromatic carbocycles. The predicted octanol–water partition coefficient (Wildman–Crippen LogP) is 3.12. The average Bonchev–Trinajstić information content (AvgIpc) is 3.19. The zero-order valence-electron chi connectivity index (χ0n) is 13.5. The lowest BCUT2D eigenvalue weighted by molar-refractivity contribution is 0.516. The van der Waals surface area contributed by atoms with E-state index in [1.54, 1.807) is 10.6 Å². The Balaban J connectivity index is 1.47. The van der Waals surface area contributed by atoms with Crippen molar-refractivity contribution in [1.29, 1.82) is 0 Å². The van der Waals surface area contributed by atoms with Crippen LogP contribution in [0.5, 0.6) is 0 Å². The molecule has 0 aliphatic heterocycles. The molecule has 1 aliphatic rings. The van der Waals surface area contributed by atoms with Crippen LogP contribution in [-0.4, -0.2) is 19.6 Å². The summed E-state index contributed by atoms with van der Waals surface area (Å²) in [4.78, 5) is 12.0. The minimum atomic E-state index is -0.363. The number of para-hydroxylation sites is 2. The second-order valence-electron chi connectivity index (χ2n) is 6.25. The molecule has 0 N–H and O–H groups in total. The molecule has 0 saturated carbocycles. The standard InChI is InChI=1S/C18H20N4O2/c23-18-22(16-8-4-5-9-17(16)24-18)13-15-12-21(20-19-15)11-10-14-6-2-1-3-7-14/h4-6,8-9,12H,1-3,7,10-11,13H2. The number of nitrogens with zero attached hydrogens (tertiary/aromatic N) is 4. The van der Waals surface area contributed by atoms with Crippen molar-refractivity contribution in [3.8, 4) is 0 Å². The predicted molar refractivity (Wildman–Crippen MR) is 90.8 cm³/mol. The normalized spacial score (nSPS) is 14.9. The number of oxazole rings is 1. The topological polar surface area (TPSA) is 65.8 Å². The van der Waals surface area contributed by atoms with Crippen LogP contribution in [0.25, 0.3) is 11.1 Å². The first-order valence-electron chi connectivity index (χ1n) is 8.45. The Morgan fingerprint density at radius 3 is 3.00 bits per heavy atom. The Labute approximate surface area is 139 Å². The van der Waals surface area contributed by atoms with E-state index >= 15 is 0 Å². The van der Waals surface area contributed by atoms with Crippen molar-refractivity contribution in [2.75, 3.05) is 0 Å². The van der Waals surface area contributed by atoms with E-state index < -0.39 is 0 Å². The number of benzene rings is 1. The van der Waals surface area contributed by atoms with Gasteiger partial charge in [0.15, 0.2) is 5.58 Å². The second-order valence-corrected chi connectivity index (χ2v) is 6.25. The molecular formula is C18H20N4O2. The van der Waals surface area contributed by atoms with E-state index in [9.17, 15) is 4.79 Å². The van der Waals surface area contributed by atoms with E-state index in [0.717, 1.165) is 24.2 Å². The van der Waals surface area contributed by atoms with Gasteiger partial charge in [0.2, 0.25) is 0 Å². The minimum Gasteiger partial charge on any atom is -0.408 e. The summed E-state index contributed by atoms with van der Waals surface area (Å²) in [6.07, 6.45) is 10.3. The summed E-state index contributed by atoms with van der Waals surface area (Å²) in [5, 5.41) is 8.38. The molecule has 124 valence electrons. The summed E-state index contributed by atoms with van der Waals surface area (Å²) in [5.74, 6) is -0.363. The number of hydrogen-bond donors (Lipinski definition) is 0. The van der Waals surface area contributed by atoms with Crippen molar-refractivity contribution in [2.24, 2.45) is 0 Å². The molecule has 0 spiro atoms. The number of allylic oxidation sites excluding steroid dienone is 2. The van der Waals surface area contributed by atoms with Crippen molar-refractivity contribution in [3.05, 3.63) is 58.4 Å². The second kappa shape index (κ2) is 6.47. The van der Waals surface area contributed by atoms with Gasteiger partial charge >= 0.3 is 5.76 Å². The maximum atomic E-state index is 12.0. The first-order valence-corrected chi connectivity index (χ1v) is 8.45. The van der Waals surface area contributed by atoms with Crippen molar-refractivity contribution >= 4 is 11.1 Å². The molecule has 3 aromatic rings. The molecule has 0 saturated heterocycles. The van der Waals surface area contributed by atoms with Crippen LogP contribution < -0.4 is 5.76 Å². The third-order valence-electron chi connectivity index (χ3n) is 4.53. The molecule has 4 rings (SSSR count). The van der Waals surface area contributed by atoms with Crippen LogP contribution in [-0.2, 0) is 13.1 Å². The van der Waals surface area contributed by atoms with Crippen LogP contribution in [0.1, 0.15) is 37.8 Å². The lowest BCUT2D eigenvalue weighted by Crippen LogP contribution is -2.15. The van der Waals surface area contributed by atoms with E-state index in [4.69, 9.17) is 4.42 Å². The molecule has 0 atom stereocenters. The Morgan fingerprint density at radius 1 is 1.21 bits per heavy atom. The quantitative estimate of drug-likeness (QED) is 0.676. The van der Waals surface area contributed by atoms with E-state index in [1.165, 1.54) is 31.3 Å². The van der Waals surface area contributed by atoms with Crippen LogP contribution in [0.2, 0.25) is 0 Å². The third kappa shape index (κ3) is 3.04. The van der Waals surface area contributed by atoms with Gasteiger partial charge in [0, 0.05) is 6.54 Å². The van der Waals surface area contributed by atoms with Crippen LogP contribution in [0.15, 0.2) is 51.3 Å². The van der Waals surface area contributed by atoms with Gasteiger partial charge in [-0.3, -0.25) is 9.25 Å². The lowest BCUT2D eigenvalue weighted by atomic mass is 9.97. The third-order valence-corrected chi connectivity index (χ3v) is 4.53. The largest absolute Gasteiger partial charge is 0.420 e. The molecule has 2 aromatic heterocycles. The van der Waals surface area contributed by atoms with Gasteiger partial charge < -0.3 is 4.42 Å². The Bertz CT molecular complexity index is 932. The van der Waals surface area contributed by atoms with E-state index in [-0.39, 0.29) is 5.76 Å². The molecule has 0 amide bonds. The summed E-state index contributed by atoms with van der Waals surface area (Å²) in [5.41, 5.74) is 3.67. The summed E-state index contributed by atoms with van der Waals surface area (Å²) in [7, 11) is 0. The van der Waals surface area contributed by atoms with E-state index in [2.05, 4.69) is 16.4 Å². The minimum absolute atomic E-state index is 0.363. The van der Waals surface area contributed by atoms with Crippen LogP contribution in [0.4, 0.5) is 0 Å². The Morgan fingerprint density at radius 2 is 2.12 bits per heavy atom. The summed E-state index contributed by atoms with van der Waals surface area (Å²) in [6, 6.07) is 7.41. The van der Waals surface area contributed by atoms with Gasteiger partial charge in [0.05, 0.1) is 18.3 Å². The van der Waals surface area contributed by atoms with Gasteiger partial charge in [-0.2, -0.15) is 0 Å². The fraction of sp³-hybridized carbons (Fsp3) is 0.389. The monoisotopic (exact) mass is 324 g/mol. The molecule has 0 fully saturated rings. The zero-order valence-corrected chi connectivity index (χ0v) is 13.5. The molecule has 1 aliphatic carbocycles. The first kappa shape index (κ1) is 14.9. The Kier molecular flexibility index (Phi) is 4.02. The molecule has 24 heavy (non-hydrogen) atoms. The maximum absolute atomic E-state index is 12.0. The fourth-order valence-corrected chi connectivity index (χ4v) is 3.24. The highest BCUT2D eigenvalue weighted by Gasteiger charge is 2.11. The van der Waals surface area contributed by atoms with Crippen molar-refractivity contribution in [1.82, 2.24) is 19.6 Å². The maximum Gasteiger partial charge on any atom is 0.420 e. The average molecular weight is 324 g/mol. The number of hydrogen-bond acceptors (Lipinski definition) is 4. The molecular weight excluding hydrogens is 304 g/mol. The van der Waals surface area contributed by atoms with Gasteiger partial charge in [-0.15, -0.1) is 5.10 Å². The van der Waals surface area contributed by atoms with E-state index in [1.807, 2.05) is 29.1 Å². The number of fused-ring (bicyclic) bond motifs is 1. The zero-order chi connectivity index (χ0) is 16.4. The highest BCUT2D eigenvalue weighted by Crippen LogP contribution is 2.20. The van der Waals surface area contributed by atoms with Crippen LogP contribution >= 0.6 is 0 Å². The Hall–Kier alpha value is -2.63. The van der Waals surface area contributed by atoms with Crippen molar-refractivity contribution in [3.63, 3.8) is 0 Å². The molecule has 0 bridgehead atoms. The SMILES string of the molecule is O=c1oc2ccccc2n1Cc1cn(CCC2=CCCCC2)nn1. The van der Waals surface area contributed by atoms with Crippen LogP contribution in [0, 0.1) is 0 Å². The van der Waals surface area contributed by atoms with Crippen molar-refractivity contribution in [2.45, 2.75) is 45.2 Å². The summed E-state index contributed by atoms with van der Waals surface area (Å²) < 4.78 is 8.70. The molecule has 0 radical (unpaired) electrons. The molecule has 2 heterocycles. The van der Waals surface area contributed by atoms with Gasteiger partial charge in [-0.25, -0.2) is 4.79 Å². The van der Waals surface area contributed by atoms with Crippen LogP contribution in [0.3, 0.4) is 0 Å². The first-order chi connectivity index (χ1) is 11.8. The molecule has 6 heteroatoms. The van der Waals surface area contributed by atoms with Gasteiger partial charge in [-0.1, -0.05) is 29.0 Å². The van der Waals surface area contributed by atoms with Crippen molar-refractivity contribution < 1.29 is 4.42 Å². The lowest BCUT2D eigenvalue weighted by Gasteiger charge is -2.11. The number of aryl methyl sites for hydroxylation is 1. The summed E-state index contributed by atoms with van der Waals surface area (Å²) >= 11 is 0. The molecule has 0 unspecified atom stereocenters. The van der Waals surface area contributed by atoms with Gasteiger partial charge in [0.1, 0.15) is 5.69 Å². The number of aromatic nitrogens is 4. The number of rotatable bonds is 5. The highest BCUT2D eigenvalue weighted by molar-refractivity contribution is 5.72. The fourth-order valence-electron chi connectivity index (χ4n) is 3.24. The highest BCUT2D eigenvalue weighted by atomic mass is 16.4. The van der Waals surface area contributed by atoms with Gasteiger partial charge in [0.25, 0.3) is 0 Å². The van der Waals surface area contributed by atoms with Gasteiger partial charge in [-0.05, 0) is 44.2 Å². The van der Waals surface area contributed by atoms with E-state index in [0.29, 0.717) is 12.1 Å². The smallest absolute Gasteiger partial charge is 0.408 e. The summed E-state index contributed by atoms with van der Waals surface area (Å²) in [6.45, 7) is 1.21. The molecule has 6 nitrogen and oxygen atoms in total.